The van der Waals surface area contributed by atoms with E-state index in [1.807, 2.05) is 0 Å². The molecule has 2 N–H and O–H groups in total. The zero-order valence-corrected chi connectivity index (χ0v) is 6.31. The standard InChI is InChI=1S/C8H8N2O2/c9-8(11)3-6-12-7-1-4-10-5-2-7/h1-6H,(H2,9,11). The van der Waals surface area contributed by atoms with Gasteiger partial charge >= 0.3 is 0 Å². The lowest BCUT2D eigenvalue weighted by Gasteiger charge is -1.96. The van der Waals surface area contributed by atoms with Crippen molar-refractivity contribution in [3.05, 3.63) is 36.9 Å². The Balaban J connectivity index is 2.49. The first-order chi connectivity index (χ1) is 5.79. The third-order valence-electron chi connectivity index (χ3n) is 1.09. The van der Waals surface area contributed by atoms with Gasteiger partial charge in [0.15, 0.2) is 0 Å². The van der Waals surface area contributed by atoms with Crippen molar-refractivity contribution < 1.29 is 9.53 Å². The number of carbonyl (C=O) groups excluding carboxylic acids is 1. The van der Waals surface area contributed by atoms with Crippen LogP contribution in [0, 0.1) is 0 Å². The number of ether oxygens (including phenoxy) is 1. The van der Waals surface area contributed by atoms with Gasteiger partial charge in [-0.3, -0.25) is 9.78 Å². The van der Waals surface area contributed by atoms with Gasteiger partial charge in [-0.1, -0.05) is 0 Å². The molecule has 1 aromatic heterocycles. The number of nitrogens with zero attached hydrogens (tertiary/aromatic N) is 1. The Labute approximate surface area is 69.7 Å². The fourth-order valence-corrected chi connectivity index (χ4v) is 0.596. The largest absolute Gasteiger partial charge is 0.465 e. The third-order valence-corrected chi connectivity index (χ3v) is 1.09. The maximum Gasteiger partial charge on any atom is 0.244 e. The van der Waals surface area contributed by atoms with E-state index in [9.17, 15) is 4.79 Å². The second kappa shape index (κ2) is 4.12. The van der Waals surface area contributed by atoms with Crippen LogP contribution in [0.2, 0.25) is 0 Å². The molecule has 4 heteroatoms. The highest BCUT2D eigenvalue weighted by atomic mass is 16.5. The van der Waals surface area contributed by atoms with Gasteiger partial charge in [0, 0.05) is 18.5 Å². The van der Waals surface area contributed by atoms with Crippen LogP contribution >= 0.6 is 0 Å². The molecule has 0 aliphatic carbocycles. The molecule has 4 nitrogen and oxygen atoms in total. The molecule has 0 saturated heterocycles. The van der Waals surface area contributed by atoms with E-state index < -0.39 is 5.91 Å². The number of primary amides is 1. The minimum atomic E-state index is -0.538. The molecule has 0 bridgehead atoms. The highest BCUT2D eigenvalue weighted by Gasteiger charge is 1.87. The van der Waals surface area contributed by atoms with E-state index in [0.29, 0.717) is 5.75 Å². The van der Waals surface area contributed by atoms with E-state index in [0.717, 1.165) is 6.08 Å². The van der Waals surface area contributed by atoms with Crippen LogP contribution in [0.1, 0.15) is 0 Å². The highest BCUT2D eigenvalue weighted by molar-refractivity contribution is 5.85. The average Bonchev–Trinajstić information content (AvgIpc) is 2.05. The molecule has 0 unspecified atom stereocenters. The first-order valence-electron chi connectivity index (χ1n) is 3.32. The summed E-state index contributed by atoms with van der Waals surface area (Å²) in [6, 6.07) is 3.34. The van der Waals surface area contributed by atoms with Crippen LogP contribution in [0.5, 0.6) is 5.75 Å². The first-order valence-corrected chi connectivity index (χ1v) is 3.32. The van der Waals surface area contributed by atoms with Gasteiger partial charge in [-0.15, -0.1) is 0 Å². The van der Waals surface area contributed by atoms with Gasteiger partial charge in [0.05, 0.1) is 6.26 Å². The summed E-state index contributed by atoms with van der Waals surface area (Å²) in [6.45, 7) is 0. The Morgan fingerprint density at radius 3 is 2.75 bits per heavy atom. The van der Waals surface area contributed by atoms with E-state index in [2.05, 4.69) is 4.98 Å². The molecule has 0 spiro atoms. The molecular formula is C8H8N2O2. The number of rotatable bonds is 3. The summed E-state index contributed by atoms with van der Waals surface area (Å²) in [5.74, 6) is 0.0755. The molecule has 0 radical (unpaired) electrons. The molecule has 1 amide bonds. The predicted octanol–water partition coefficient (Wildman–Crippen LogP) is 0.459. The minimum absolute atomic E-state index is 0.538. The SMILES string of the molecule is NC(=O)C=COc1ccncc1. The topological polar surface area (TPSA) is 65.2 Å². The van der Waals surface area contributed by atoms with Gasteiger partial charge in [-0.25, -0.2) is 0 Å². The van der Waals surface area contributed by atoms with Gasteiger partial charge in [-0.05, 0) is 12.1 Å². The molecule has 0 atom stereocenters. The minimum Gasteiger partial charge on any atom is -0.465 e. The number of hydrogen-bond acceptors (Lipinski definition) is 3. The van der Waals surface area contributed by atoms with Crippen LogP contribution in [0.15, 0.2) is 36.9 Å². The van der Waals surface area contributed by atoms with E-state index in [1.54, 1.807) is 24.5 Å². The zero-order valence-electron chi connectivity index (χ0n) is 6.31. The fourth-order valence-electron chi connectivity index (χ4n) is 0.596. The lowest BCUT2D eigenvalue weighted by Crippen LogP contribution is -2.05. The summed E-state index contributed by atoms with van der Waals surface area (Å²) in [5.41, 5.74) is 4.84. The van der Waals surface area contributed by atoms with Crippen molar-refractivity contribution in [1.82, 2.24) is 4.98 Å². The van der Waals surface area contributed by atoms with E-state index in [4.69, 9.17) is 10.5 Å². The third kappa shape index (κ3) is 2.83. The Morgan fingerprint density at radius 2 is 2.17 bits per heavy atom. The normalized spacial score (nSPS) is 10.0. The molecule has 12 heavy (non-hydrogen) atoms. The number of nitrogens with two attached hydrogens (primary N) is 1. The van der Waals surface area contributed by atoms with Crippen molar-refractivity contribution in [2.75, 3.05) is 0 Å². The molecule has 0 aliphatic heterocycles. The molecular weight excluding hydrogens is 156 g/mol. The molecule has 0 saturated carbocycles. The van der Waals surface area contributed by atoms with Crippen molar-refractivity contribution in [3.8, 4) is 5.75 Å². The molecule has 0 aliphatic rings. The Bertz CT molecular complexity index is 282. The summed E-state index contributed by atoms with van der Waals surface area (Å²) < 4.78 is 5.00. The van der Waals surface area contributed by atoms with Crippen LogP contribution in [0.3, 0.4) is 0 Å². The summed E-state index contributed by atoms with van der Waals surface area (Å²) in [6.07, 6.45) is 5.55. The van der Waals surface area contributed by atoms with Crippen LogP contribution in [-0.4, -0.2) is 10.9 Å². The van der Waals surface area contributed by atoms with Gasteiger partial charge < -0.3 is 10.5 Å². The van der Waals surface area contributed by atoms with E-state index in [-0.39, 0.29) is 0 Å². The number of hydrogen-bond donors (Lipinski definition) is 1. The quantitative estimate of drug-likeness (QED) is 0.521. The predicted molar refractivity (Wildman–Crippen MR) is 43.2 cm³/mol. The van der Waals surface area contributed by atoms with Crippen molar-refractivity contribution in [2.24, 2.45) is 5.73 Å². The first kappa shape index (κ1) is 8.26. The number of pyridine rings is 1. The molecule has 0 fully saturated rings. The number of amides is 1. The van der Waals surface area contributed by atoms with Crippen LogP contribution < -0.4 is 10.5 Å². The summed E-state index contributed by atoms with van der Waals surface area (Å²) in [7, 11) is 0. The molecule has 0 aromatic carbocycles. The van der Waals surface area contributed by atoms with E-state index >= 15 is 0 Å². The second-order valence-electron chi connectivity index (χ2n) is 2.01. The van der Waals surface area contributed by atoms with Gasteiger partial charge in [0.2, 0.25) is 5.91 Å². The number of carbonyl (C=O) groups is 1. The van der Waals surface area contributed by atoms with Crippen LogP contribution in [0.25, 0.3) is 0 Å². The van der Waals surface area contributed by atoms with Crippen molar-refractivity contribution in [1.29, 1.82) is 0 Å². The Kier molecular flexibility index (Phi) is 2.84. The average molecular weight is 164 g/mol. The fraction of sp³-hybridized carbons (Fsp3) is 0. The summed E-state index contributed by atoms with van der Waals surface area (Å²) in [4.78, 5) is 14.0. The van der Waals surface area contributed by atoms with Gasteiger partial charge in [-0.2, -0.15) is 0 Å². The lowest BCUT2D eigenvalue weighted by molar-refractivity contribution is -0.113. The maximum absolute atomic E-state index is 10.2. The Morgan fingerprint density at radius 1 is 1.50 bits per heavy atom. The van der Waals surface area contributed by atoms with Gasteiger partial charge in [0.1, 0.15) is 5.75 Å². The number of aromatic nitrogens is 1. The Hall–Kier alpha value is -1.84. The van der Waals surface area contributed by atoms with E-state index in [1.165, 1.54) is 6.26 Å². The van der Waals surface area contributed by atoms with Crippen molar-refractivity contribution >= 4 is 5.91 Å². The van der Waals surface area contributed by atoms with Gasteiger partial charge in [0.25, 0.3) is 0 Å². The smallest absolute Gasteiger partial charge is 0.244 e. The summed E-state index contributed by atoms with van der Waals surface area (Å²) in [5, 5.41) is 0. The summed E-state index contributed by atoms with van der Waals surface area (Å²) >= 11 is 0. The highest BCUT2D eigenvalue weighted by Crippen LogP contribution is 2.06. The monoisotopic (exact) mass is 164 g/mol. The van der Waals surface area contributed by atoms with Crippen molar-refractivity contribution in [3.63, 3.8) is 0 Å². The lowest BCUT2D eigenvalue weighted by atomic mass is 10.5. The van der Waals surface area contributed by atoms with Crippen molar-refractivity contribution in [2.45, 2.75) is 0 Å². The zero-order chi connectivity index (χ0) is 8.81. The molecule has 62 valence electrons. The maximum atomic E-state index is 10.2. The molecule has 1 rings (SSSR count). The second-order valence-corrected chi connectivity index (χ2v) is 2.01. The molecule has 1 aromatic rings. The van der Waals surface area contributed by atoms with Crippen LogP contribution in [-0.2, 0) is 4.79 Å². The molecule has 1 heterocycles. The van der Waals surface area contributed by atoms with Crippen LogP contribution in [0.4, 0.5) is 0 Å².